The Hall–Kier alpha value is -1.52. The lowest BCUT2D eigenvalue weighted by atomic mass is 10.4. The lowest BCUT2D eigenvalue weighted by Gasteiger charge is -2.14. The van der Waals surface area contributed by atoms with Gasteiger partial charge < -0.3 is 14.4 Å². The van der Waals surface area contributed by atoms with E-state index in [-0.39, 0.29) is 12.5 Å². The minimum Gasteiger partial charge on any atom is -0.434 e. The van der Waals surface area contributed by atoms with Crippen LogP contribution in [-0.2, 0) is 14.3 Å². The third-order valence-electron chi connectivity index (χ3n) is 2.14. The van der Waals surface area contributed by atoms with Gasteiger partial charge in [0, 0.05) is 19.5 Å². The Morgan fingerprint density at radius 3 is 3.00 bits per heavy atom. The zero-order chi connectivity index (χ0) is 11.1. The first-order valence-corrected chi connectivity index (χ1v) is 4.96. The summed E-state index contributed by atoms with van der Waals surface area (Å²) >= 11 is 0. The van der Waals surface area contributed by atoms with E-state index < -0.39 is 6.16 Å². The van der Waals surface area contributed by atoms with E-state index in [2.05, 4.69) is 11.3 Å². The zero-order valence-electron chi connectivity index (χ0n) is 8.61. The number of hydrogen-bond acceptors (Lipinski definition) is 4. The van der Waals surface area contributed by atoms with E-state index in [0.717, 1.165) is 19.2 Å². The average molecular weight is 213 g/mol. The molecule has 5 heteroatoms. The molecule has 0 bridgehead atoms. The fraction of sp³-hybridized carbons (Fsp3) is 0.600. The highest BCUT2D eigenvalue weighted by molar-refractivity contribution is 5.77. The van der Waals surface area contributed by atoms with Crippen molar-refractivity contribution in [2.75, 3.05) is 19.7 Å². The standard InChI is InChI=1S/C10H15NO4/c1-2-14-10(13)15-8-4-7-11-6-3-5-9(11)12/h2H,1,3-8H2. The van der Waals surface area contributed by atoms with Crippen molar-refractivity contribution in [2.45, 2.75) is 19.3 Å². The van der Waals surface area contributed by atoms with Crippen molar-refractivity contribution in [1.29, 1.82) is 0 Å². The molecule has 0 aromatic rings. The van der Waals surface area contributed by atoms with E-state index in [1.165, 1.54) is 0 Å². The topological polar surface area (TPSA) is 55.8 Å². The van der Waals surface area contributed by atoms with Gasteiger partial charge in [-0.25, -0.2) is 4.79 Å². The number of carbonyl (C=O) groups is 2. The molecule has 1 fully saturated rings. The van der Waals surface area contributed by atoms with Gasteiger partial charge in [0.05, 0.1) is 12.9 Å². The Labute approximate surface area is 88.6 Å². The zero-order valence-corrected chi connectivity index (χ0v) is 8.61. The van der Waals surface area contributed by atoms with Gasteiger partial charge in [-0.15, -0.1) is 0 Å². The number of ether oxygens (including phenoxy) is 2. The first kappa shape index (κ1) is 11.6. The second-order valence-electron chi connectivity index (χ2n) is 3.22. The maximum Gasteiger partial charge on any atom is 0.513 e. The Morgan fingerprint density at radius 2 is 2.40 bits per heavy atom. The average Bonchev–Trinajstić information content (AvgIpc) is 2.60. The van der Waals surface area contributed by atoms with Crippen molar-refractivity contribution in [1.82, 2.24) is 4.90 Å². The molecule has 0 saturated carbocycles. The van der Waals surface area contributed by atoms with E-state index in [9.17, 15) is 9.59 Å². The van der Waals surface area contributed by atoms with Gasteiger partial charge in [-0.05, 0) is 12.8 Å². The van der Waals surface area contributed by atoms with Crippen LogP contribution in [0.1, 0.15) is 19.3 Å². The predicted octanol–water partition coefficient (Wildman–Crippen LogP) is 1.30. The molecule has 15 heavy (non-hydrogen) atoms. The van der Waals surface area contributed by atoms with Gasteiger partial charge in [-0.2, -0.15) is 0 Å². The van der Waals surface area contributed by atoms with Crippen molar-refractivity contribution < 1.29 is 19.1 Å². The van der Waals surface area contributed by atoms with Crippen LogP contribution in [0.2, 0.25) is 0 Å². The van der Waals surface area contributed by atoms with E-state index in [0.29, 0.717) is 19.4 Å². The van der Waals surface area contributed by atoms with Crippen molar-refractivity contribution in [2.24, 2.45) is 0 Å². The van der Waals surface area contributed by atoms with Crippen molar-refractivity contribution >= 4 is 12.1 Å². The number of likely N-dealkylation sites (tertiary alicyclic amines) is 1. The second kappa shape index (κ2) is 6.06. The third kappa shape index (κ3) is 4.01. The molecule has 0 aromatic carbocycles. The van der Waals surface area contributed by atoms with Gasteiger partial charge in [0.25, 0.3) is 0 Å². The Morgan fingerprint density at radius 1 is 1.60 bits per heavy atom. The molecule has 84 valence electrons. The van der Waals surface area contributed by atoms with Crippen LogP contribution in [0.25, 0.3) is 0 Å². The summed E-state index contributed by atoms with van der Waals surface area (Å²) in [6, 6.07) is 0. The first-order valence-electron chi connectivity index (χ1n) is 4.96. The summed E-state index contributed by atoms with van der Waals surface area (Å²) in [5.74, 6) is 0.184. The first-order chi connectivity index (χ1) is 7.24. The molecule has 0 atom stereocenters. The van der Waals surface area contributed by atoms with Crippen LogP contribution in [0.5, 0.6) is 0 Å². The molecule has 1 amide bonds. The molecule has 0 radical (unpaired) electrons. The summed E-state index contributed by atoms with van der Waals surface area (Å²) in [6.07, 6.45) is 2.47. The van der Waals surface area contributed by atoms with Crippen LogP contribution in [0, 0.1) is 0 Å². The molecule has 0 aliphatic carbocycles. The lowest BCUT2D eigenvalue weighted by molar-refractivity contribution is -0.127. The molecular weight excluding hydrogens is 198 g/mol. The van der Waals surface area contributed by atoms with E-state index in [4.69, 9.17) is 4.74 Å². The molecule has 0 aromatic heterocycles. The summed E-state index contributed by atoms with van der Waals surface area (Å²) in [5, 5.41) is 0. The molecule has 1 aliphatic heterocycles. The molecule has 1 rings (SSSR count). The minimum atomic E-state index is -0.752. The van der Waals surface area contributed by atoms with Crippen molar-refractivity contribution in [3.8, 4) is 0 Å². The second-order valence-corrected chi connectivity index (χ2v) is 3.22. The highest BCUT2D eigenvalue weighted by Gasteiger charge is 2.19. The minimum absolute atomic E-state index is 0.184. The van der Waals surface area contributed by atoms with Gasteiger partial charge >= 0.3 is 6.16 Å². The SMILES string of the molecule is C=COC(=O)OCCCN1CCCC1=O. The molecule has 1 saturated heterocycles. The van der Waals surface area contributed by atoms with Crippen molar-refractivity contribution in [3.63, 3.8) is 0 Å². The maximum absolute atomic E-state index is 11.2. The lowest BCUT2D eigenvalue weighted by Crippen LogP contribution is -2.26. The van der Waals surface area contributed by atoms with Crippen molar-refractivity contribution in [3.05, 3.63) is 12.8 Å². The van der Waals surface area contributed by atoms with Crippen LogP contribution in [0.3, 0.4) is 0 Å². The fourth-order valence-electron chi connectivity index (χ4n) is 1.45. The number of carbonyl (C=O) groups excluding carboxylic acids is 2. The molecule has 0 unspecified atom stereocenters. The van der Waals surface area contributed by atoms with Gasteiger partial charge in [0.15, 0.2) is 0 Å². The quantitative estimate of drug-likeness (QED) is 0.392. The van der Waals surface area contributed by atoms with Crippen LogP contribution < -0.4 is 0 Å². The van der Waals surface area contributed by atoms with Gasteiger partial charge in [0.1, 0.15) is 0 Å². The normalized spacial score (nSPS) is 15.2. The molecule has 1 aliphatic rings. The highest BCUT2D eigenvalue weighted by atomic mass is 16.7. The summed E-state index contributed by atoms with van der Waals surface area (Å²) in [6.45, 7) is 4.94. The number of rotatable bonds is 5. The van der Waals surface area contributed by atoms with Gasteiger partial charge in [0.2, 0.25) is 5.91 Å². The van der Waals surface area contributed by atoms with Crippen LogP contribution in [0.4, 0.5) is 4.79 Å². The molecular formula is C10H15NO4. The number of amides is 1. The van der Waals surface area contributed by atoms with Crippen LogP contribution in [0.15, 0.2) is 12.8 Å². The smallest absolute Gasteiger partial charge is 0.434 e. The largest absolute Gasteiger partial charge is 0.513 e. The Bertz CT molecular complexity index is 252. The summed E-state index contributed by atoms with van der Waals surface area (Å²) < 4.78 is 9.06. The van der Waals surface area contributed by atoms with Gasteiger partial charge in [-0.3, -0.25) is 4.79 Å². The number of nitrogens with zero attached hydrogens (tertiary/aromatic N) is 1. The fourth-order valence-corrected chi connectivity index (χ4v) is 1.45. The Balaban J connectivity index is 2.03. The van der Waals surface area contributed by atoms with E-state index >= 15 is 0 Å². The number of hydrogen-bond donors (Lipinski definition) is 0. The monoisotopic (exact) mass is 213 g/mol. The van der Waals surface area contributed by atoms with Gasteiger partial charge in [-0.1, -0.05) is 6.58 Å². The molecule has 1 heterocycles. The summed E-state index contributed by atoms with van der Waals surface area (Å²) in [7, 11) is 0. The van der Waals surface area contributed by atoms with Crippen LogP contribution in [-0.4, -0.2) is 36.7 Å². The summed E-state index contributed by atoms with van der Waals surface area (Å²) in [5.41, 5.74) is 0. The molecule has 0 spiro atoms. The van der Waals surface area contributed by atoms with E-state index in [1.54, 1.807) is 4.90 Å². The van der Waals surface area contributed by atoms with Crippen LogP contribution >= 0.6 is 0 Å². The third-order valence-corrected chi connectivity index (χ3v) is 2.14. The highest BCUT2D eigenvalue weighted by Crippen LogP contribution is 2.09. The maximum atomic E-state index is 11.2. The van der Waals surface area contributed by atoms with E-state index in [1.807, 2.05) is 0 Å². The molecule has 5 nitrogen and oxygen atoms in total. The summed E-state index contributed by atoms with van der Waals surface area (Å²) in [4.78, 5) is 23.7. The Kier molecular flexibility index (Phi) is 4.66. The predicted molar refractivity (Wildman–Crippen MR) is 53.1 cm³/mol. The molecule has 0 N–H and O–H groups in total.